The zero-order valence-electron chi connectivity index (χ0n) is 23.4. The highest BCUT2D eigenvalue weighted by atomic mass is 16.6. The molecule has 0 spiro atoms. The average Bonchev–Trinajstić information content (AvgIpc) is 3.76. The Morgan fingerprint density at radius 2 is 1.68 bits per heavy atom. The van der Waals surface area contributed by atoms with Crippen LogP contribution in [0.2, 0.25) is 0 Å². The number of rotatable bonds is 18. The molecule has 0 bridgehead atoms. The summed E-state index contributed by atoms with van der Waals surface area (Å²) in [6.45, 7) is 3.31. The number of aliphatic hydroxyl groups excluding tert-OH is 2. The summed E-state index contributed by atoms with van der Waals surface area (Å²) in [5.41, 5.74) is 0.349. The zero-order valence-corrected chi connectivity index (χ0v) is 23.4. The van der Waals surface area contributed by atoms with Gasteiger partial charge < -0.3 is 30.3 Å². The second-order valence-corrected chi connectivity index (χ2v) is 10.7. The van der Waals surface area contributed by atoms with E-state index in [4.69, 9.17) is 9.47 Å². The third kappa shape index (κ3) is 9.43. The van der Waals surface area contributed by atoms with E-state index in [-0.39, 0.29) is 18.1 Å². The SMILES string of the molecule is CC(C)C[C@H](NC(=O)[C@H](CO)NC(=O)c1cccc(OCCCCCCc2ccccc2)c1)C(=O)[C@]1(CO)CO1. The summed E-state index contributed by atoms with van der Waals surface area (Å²) in [6.07, 6.45) is 5.58. The van der Waals surface area contributed by atoms with E-state index >= 15 is 0 Å². The lowest BCUT2D eigenvalue weighted by atomic mass is 9.92. The summed E-state index contributed by atoms with van der Waals surface area (Å²) < 4.78 is 11.0. The molecule has 1 aliphatic rings. The van der Waals surface area contributed by atoms with Gasteiger partial charge in [-0.15, -0.1) is 0 Å². The number of carbonyl (C=O) groups is 3. The third-order valence-electron chi connectivity index (χ3n) is 6.91. The fraction of sp³-hybridized carbons (Fsp3) is 0.516. The first-order valence-corrected chi connectivity index (χ1v) is 14.1. The highest BCUT2D eigenvalue weighted by Crippen LogP contribution is 2.30. The Labute approximate surface area is 236 Å². The number of hydrogen-bond donors (Lipinski definition) is 4. The molecule has 0 radical (unpaired) electrons. The van der Waals surface area contributed by atoms with Gasteiger partial charge in [-0.1, -0.05) is 63.1 Å². The minimum atomic E-state index is -1.28. The number of ether oxygens (including phenoxy) is 2. The van der Waals surface area contributed by atoms with Crippen molar-refractivity contribution in [2.24, 2.45) is 5.92 Å². The van der Waals surface area contributed by atoms with Gasteiger partial charge in [0.1, 0.15) is 11.8 Å². The molecule has 9 heteroatoms. The van der Waals surface area contributed by atoms with Crippen molar-refractivity contribution < 1.29 is 34.1 Å². The first-order valence-electron chi connectivity index (χ1n) is 14.1. The molecule has 0 saturated carbocycles. The Bertz CT molecular complexity index is 1100. The molecule has 1 aliphatic heterocycles. The fourth-order valence-corrected chi connectivity index (χ4v) is 4.47. The third-order valence-corrected chi connectivity index (χ3v) is 6.91. The maximum Gasteiger partial charge on any atom is 0.252 e. The smallest absolute Gasteiger partial charge is 0.252 e. The van der Waals surface area contributed by atoms with Crippen LogP contribution in [0.4, 0.5) is 0 Å². The van der Waals surface area contributed by atoms with E-state index in [2.05, 4.69) is 34.9 Å². The molecule has 3 rings (SSSR count). The molecule has 0 aromatic heterocycles. The molecular formula is C31H42N2O7. The number of ketones is 1. The van der Waals surface area contributed by atoms with Crippen LogP contribution in [0, 0.1) is 5.92 Å². The molecule has 0 aliphatic carbocycles. The number of amides is 2. The first-order chi connectivity index (χ1) is 19.3. The monoisotopic (exact) mass is 554 g/mol. The number of carbonyl (C=O) groups excluding carboxylic acids is 3. The van der Waals surface area contributed by atoms with Gasteiger partial charge in [-0.3, -0.25) is 14.4 Å². The second-order valence-electron chi connectivity index (χ2n) is 10.7. The molecule has 2 aromatic rings. The van der Waals surface area contributed by atoms with Gasteiger partial charge in [0.25, 0.3) is 5.91 Å². The van der Waals surface area contributed by atoms with E-state index < -0.39 is 48.5 Å². The van der Waals surface area contributed by atoms with Crippen LogP contribution in [0.5, 0.6) is 5.75 Å². The largest absolute Gasteiger partial charge is 0.494 e. The standard InChI is InChI=1S/C31H42N2O7/c1-22(2)17-26(28(36)31(20-35)21-40-31)32-30(38)27(19-34)33-29(37)24-14-10-15-25(18-24)39-16-9-4-3-6-11-23-12-7-5-8-13-23/h5,7-8,10,12-15,18,22,26-27,34-35H,3-4,6,9,11,16-17,19-21H2,1-2H3,(H,32,38)(H,33,37)/t26-,27-,31-/m0/s1. The Morgan fingerprint density at radius 3 is 2.33 bits per heavy atom. The van der Waals surface area contributed by atoms with E-state index in [0.29, 0.717) is 18.8 Å². The molecule has 0 unspecified atom stereocenters. The van der Waals surface area contributed by atoms with Crippen molar-refractivity contribution in [1.29, 1.82) is 0 Å². The van der Waals surface area contributed by atoms with Gasteiger partial charge in [0, 0.05) is 5.56 Å². The number of nitrogens with one attached hydrogen (secondary N) is 2. The normalized spacial score (nSPS) is 17.6. The Morgan fingerprint density at radius 1 is 0.950 bits per heavy atom. The van der Waals surface area contributed by atoms with Gasteiger partial charge in [-0.2, -0.15) is 0 Å². The second kappa shape index (κ2) is 15.5. The van der Waals surface area contributed by atoms with Gasteiger partial charge in [0.15, 0.2) is 11.4 Å². The summed E-state index contributed by atoms with van der Waals surface area (Å²) in [5, 5.41) is 24.5. The summed E-state index contributed by atoms with van der Waals surface area (Å²) in [7, 11) is 0. The highest BCUT2D eigenvalue weighted by Gasteiger charge is 2.54. The van der Waals surface area contributed by atoms with Crippen LogP contribution < -0.4 is 15.4 Å². The molecule has 218 valence electrons. The van der Waals surface area contributed by atoms with Crippen LogP contribution in [0.1, 0.15) is 61.9 Å². The molecule has 1 heterocycles. The Hall–Kier alpha value is -3.27. The molecule has 40 heavy (non-hydrogen) atoms. The van der Waals surface area contributed by atoms with Gasteiger partial charge in [-0.05, 0) is 55.4 Å². The first kappa shape index (κ1) is 31.3. The van der Waals surface area contributed by atoms with Crippen LogP contribution in [0.3, 0.4) is 0 Å². The van der Waals surface area contributed by atoms with Crippen LogP contribution in [0.15, 0.2) is 54.6 Å². The minimum Gasteiger partial charge on any atom is -0.494 e. The summed E-state index contributed by atoms with van der Waals surface area (Å²) in [4.78, 5) is 38.7. The molecule has 1 saturated heterocycles. The number of epoxide rings is 1. The molecule has 3 atom stereocenters. The van der Waals surface area contributed by atoms with E-state index in [1.165, 1.54) is 5.56 Å². The number of hydrogen-bond acceptors (Lipinski definition) is 7. The summed E-state index contributed by atoms with van der Waals surface area (Å²) >= 11 is 0. The lowest BCUT2D eigenvalue weighted by Crippen LogP contribution is -2.55. The van der Waals surface area contributed by atoms with Gasteiger partial charge in [-0.25, -0.2) is 0 Å². The lowest BCUT2D eigenvalue weighted by Gasteiger charge is -2.24. The zero-order chi connectivity index (χ0) is 29.0. The quantitative estimate of drug-likeness (QED) is 0.164. The van der Waals surface area contributed by atoms with Gasteiger partial charge >= 0.3 is 0 Å². The minimum absolute atomic E-state index is 0.0722. The van der Waals surface area contributed by atoms with E-state index in [9.17, 15) is 24.6 Å². The van der Waals surface area contributed by atoms with Crippen molar-refractivity contribution in [2.75, 3.05) is 26.4 Å². The van der Waals surface area contributed by atoms with Crippen molar-refractivity contribution in [3.05, 3.63) is 65.7 Å². The maximum atomic E-state index is 12.9. The highest BCUT2D eigenvalue weighted by molar-refractivity contribution is 6.00. The van der Waals surface area contributed by atoms with Crippen molar-refractivity contribution in [2.45, 2.75) is 70.1 Å². The van der Waals surface area contributed by atoms with Crippen LogP contribution in [-0.2, 0) is 20.7 Å². The predicted molar refractivity (Wildman–Crippen MR) is 151 cm³/mol. The van der Waals surface area contributed by atoms with Crippen LogP contribution in [-0.4, -0.2) is 71.9 Å². The molecular weight excluding hydrogens is 512 g/mol. The topological polar surface area (TPSA) is 137 Å². The number of aliphatic hydroxyl groups is 2. The van der Waals surface area contributed by atoms with E-state index in [1.54, 1.807) is 24.3 Å². The van der Waals surface area contributed by atoms with Crippen LogP contribution >= 0.6 is 0 Å². The van der Waals surface area contributed by atoms with E-state index in [1.807, 2.05) is 19.9 Å². The Kier molecular flexibility index (Phi) is 12.1. The van der Waals surface area contributed by atoms with Gasteiger partial charge in [0.2, 0.25) is 5.91 Å². The van der Waals surface area contributed by atoms with Crippen molar-refractivity contribution in [3.8, 4) is 5.75 Å². The predicted octanol–water partition coefficient (Wildman–Crippen LogP) is 2.82. The summed E-state index contributed by atoms with van der Waals surface area (Å²) in [5.74, 6) is -1.04. The summed E-state index contributed by atoms with van der Waals surface area (Å²) in [6, 6.07) is 14.9. The number of unbranched alkanes of at least 4 members (excludes halogenated alkanes) is 3. The van der Waals surface area contributed by atoms with Gasteiger partial charge in [0.05, 0.1) is 32.5 Å². The van der Waals surface area contributed by atoms with Crippen LogP contribution in [0.25, 0.3) is 0 Å². The molecule has 1 fully saturated rings. The lowest BCUT2D eigenvalue weighted by molar-refractivity contribution is -0.133. The number of benzene rings is 2. The Balaban J connectivity index is 1.46. The van der Waals surface area contributed by atoms with Crippen molar-refractivity contribution in [3.63, 3.8) is 0 Å². The van der Waals surface area contributed by atoms with E-state index in [0.717, 1.165) is 32.1 Å². The molecule has 4 N–H and O–H groups in total. The molecule has 2 amide bonds. The molecule has 2 aromatic carbocycles. The van der Waals surface area contributed by atoms with Crippen molar-refractivity contribution >= 4 is 17.6 Å². The fourth-order valence-electron chi connectivity index (χ4n) is 4.47. The number of aryl methyl sites for hydroxylation is 1. The van der Waals surface area contributed by atoms with Crippen molar-refractivity contribution in [1.82, 2.24) is 10.6 Å². The maximum absolute atomic E-state index is 12.9. The average molecular weight is 555 g/mol. The molecule has 9 nitrogen and oxygen atoms in total. The number of Topliss-reactive ketones (excluding diaryl/α,β-unsaturated/α-hetero) is 1.